The SMILES string of the molecule is O=C(CNC(=O)c1cccc(C(F)(F)F)c1)C[C@@H]1CCN(C2CCN(c3ccc(C(=O)OCc4ccccc4)cc3)CC2)C1. The van der Waals surface area contributed by atoms with Crippen LogP contribution in [-0.2, 0) is 22.3 Å². The average molecular weight is 608 g/mol. The van der Waals surface area contributed by atoms with Gasteiger partial charge in [-0.15, -0.1) is 0 Å². The second kappa shape index (κ2) is 14.1. The molecule has 5 rings (SSSR count). The number of Topliss-reactive ketones (excluding diaryl/α,β-unsaturated/α-hetero) is 1. The van der Waals surface area contributed by atoms with Gasteiger partial charge in [0, 0.05) is 43.3 Å². The Balaban J connectivity index is 1.02. The van der Waals surface area contributed by atoms with E-state index in [2.05, 4.69) is 15.1 Å². The van der Waals surface area contributed by atoms with Crippen LogP contribution in [0.1, 0.15) is 57.5 Å². The molecule has 1 atom stereocenters. The van der Waals surface area contributed by atoms with E-state index < -0.39 is 17.6 Å². The molecule has 1 amide bonds. The monoisotopic (exact) mass is 607 g/mol. The van der Waals surface area contributed by atoms with E-state index in [0.29, 0.717) is 18.0 Å². The third-order valence-corrected chi connectivity index (χ3v) is 8.39. The number of nitrogens with one attached hydrogen (secondary N) is 1. The topological polar surface area (TPSA) is 79.0 Å². The maximum atomic E-state index is 12.9. The Bertz CT molecular complexity index is 1440. The molecule has 2 aliphatic rings. The van der Waals surface area contributed by atoms with Crippen molar-refractivity contribution >= 4 is 23.3 Å². The lowest BCUT2D eigenvalue weighted by atomic mass is 10.0. The predicted molar refractivity (Wildman–Crippen MR) is 160 cm³/mol. The predicted octanol–water partition coefficient (Wildman–Crippen LogP) is 5.74. The average Bonchev–Trinajstić information content (AvgIpc) is 3.51. The van der Waals surface area contributed by atoms with Gasteiger partial charge >= 0.3 is 12.1 Å². The molecule has 0 radical (unpaired) electrons. The van der Waals surface area contributed by atoms with Crippen molar-refractivity contribution in [1.82, 2.24) is 10.2 Å². The molecular weight excluding hydrogens is 571 g/mol. The summed E-state index contributed by atoms with van der Waals surface area (Å²) in [4.78, 5) is 42.1. The van der Waals surface area contributed by atoms with Crippen molar-refractivity contribution in [2.24, 2.45) is 5.92 Å². The first kappa shape index (κ1) is 31.3. The van der Waals surface area contributed by atoms with Crippen LogP contribution in [0.5, 0.6) is 0 Å². The maximum absolute atomic E-state index is 12.9. The van der Waals surface area contributed by atoms with E-state index in [1.165, 1.54) is 12.1 Å². The number of rotatable bonds is 10. The molecule has 0 spiro atoms. The Morgan fingerprint density at radius 3 is 2.27 bits per heavy atom. The lowest BCUT2D eigenvalue weighted by molar-refractivity contribution is -0.137. The van der Waals surface area contributed by atoms with Gasteiger partial charge in [-0.3, -0.25) is 14.5 Å². The molecule has 0 aromatic heterocycles. The van der Waals surface area contributed by atoms with Gasteiger partial charge in [-0.1, -0.05) is 36.4 Å². The molecule has 232 valence electrons. The van der Waals surface area contributed by atoms with Crippen molar-refractivity contribution in [2.45, 2.75) is 44.5 Å². The molecule has 7 nitrogen and oxygen atoms in total. The van der Waals surface area contributed by atoms with Crippen LogP contribution in [0.25, 0.3) is 0 Å². The zero-order valence-corrected chi connectivity index (χ0v) is 24.4. The molecule has 2 fully saturated rings. The van der Waals surface area contributed by atoms with Gasteiger partial charge in [0.05, 0.1) is 17.7 Å². The number of carbonyl (C=O) groups is 3. The first-order chi connectivity index (χ1) is 21.2. The molecule has 0 bridgehead atoms. The third-order valence-electron chi connectivity index (χ3n) is 8.39. The number of ether oxygens (including phenoxy) is 1. The van der Waals surface area contributed by atoms with Gasteiger partial charge in [-0.05, 0) is 79.8 Å². The molecule has 0 aliphatic carbocycles. The zero-order valence-electron chi connectivity index (χ0n) is 24.4. The number of hydrogen-bond acceptors (Lipinski definition) is 6. The molecule has 0 saturated carbocycles. The molecule has 3 aromatic rings. The number of alkyl halides is 3. The van der Waals surface area contributed by atoms with Crippen molar-refractivity contribution in [3.8, 4) is 0 Å². The van der Waals surface area contributed by atoms with Crippen LogP contribution in [0.4, 0.5) is 18.9 Å². The van der Waals surface area contributed by atoms with E-state index in [1.54, 1.807) is 12.1 Å². The van der Waals surface area contributed by atoms with Crippen LogP contribution in [0.15, 0.2) is 78.9 Å². The Kier molecular flexibility index (Phi) is 9.99. The number of likely N-dealkylation sites (tertiary alicyclic amines) is 1. The van der Waals surface area contributed by atoms with E-state index in [0.717, 1.165) is 68.8 Å². The van der Waals surface area contributed by atoms with Gasteiger partial charge in [-0.25, -0.2) is 4.79 Å². The summed E-state index contributed by atoms with van der Waals surface area (Å²) < 4.78 is 44.2. The molecule has 10 heteroatoms. The summed E-state index contributed by atoms with van der Waals surface area (Å²) in [6, 6.07) is 21.7. The number of piperidine rings is 1. The number of nitrogens with zero attached hydrogens (tertiary/aromatic N) is 2. The standard InChI is InChI=1S/C34H36F3N3O4/c35-34(36,37)28-8-4-7-27(20-28)32(42)38-21-31(41)19-25-13-16-40(22-25)30-14-17-39(18-15-30)29-11-9-26(10-12-29)33(43)44-23-24-5-2-1-3-6-24/h1-12,20,25,30H,13-19,21-23H2,(H,38,42)/t25-/m0/s1. The van der Waals surface area contributed by atoms with Gasteiger partial charge < -0.3 is 15.0 Å². The first-order valence-corrected chi connectivity index (χ1v) is 14.9. The molecular formula is C34H36F3N3O4. The van der Waals surface area contributed by atoms with Gasteiger partial charge in [0.1, 0.15) is 6.61 Å². The fourth-order valence-corrected chi connectivity index (χ4v) is 5.98. The molecule has 3 aromatic carbocycles. The molecule has 1 N–H and O–H groups in total. The van der Waals surface area contributed by atoms with Crippen LogP contribution < -0.4 is 10.2 Å². The minimum absolute atomic E-state index is 0.122. The Labute approximate surface area is 255 Å². The highest BCUT2D eigenvalue weighted by atomic mass is 19.4. The smallest absolute Gasteiger partial charge is 0.416 e. The van der Waals surface area contributed by atoms with Crippen molar-refractivity contribution in [1.29, 1.82) is 0 Å². The normalized spacial score (nSPS) is 17.8. The summed E-state index contributed by atoms with van der Waals surface area (Å²) in [7, 11) is 0. The van der Waals surface area contributed by atoms with Crippen molar-refractivity contribution in [2.75, 3.05) is 37.6 Å². The lowest BCUT2D eigenvalue weighted by Crippen LogP contribution is -2.44. The number of amides is 1. The van der Waals surface area contributed by atoms with Crippen LogP contribution in [0.2, 0.25) is 0 Å². The van der Waals surface area contributed by atoms with E-state index >= 15 is 0 Å². The number of halogens is 3. The Morgan fingerprint density at radius 1 is 0.841 bits per heavy atom. The van der Waals surface area contributed by atoms with E-state index in [4.69, 9.17) is 4.74 Å². The minimum Gasteiger partial charge on any atom is -0.457 e. The third kappa shape index (κ3) is 8.25. The number of anilines is 1. The van der Waals surface area contributed by atoms with Crippen molar-refractivity contribution < 1.29 is 32.3 Å². The van der Waals surface area contributed by atoms with E-state index in [1.807, 2.05) is 42.5 Å². The fourth-order valence-electron chi connectivity index (χ4n) is 5.98. The summed E-state index contributed by atoms with van der Waals surface area (Å²) >= 11 is 0. The number of ketones is 1. The maximum Gasteiger partial charge on any atom is 0.416 e. The highest BCUT2D eigenvalue weighted by Gasteiger charge is 2.32. The second-order valence-electron chi connectivity index (χ2n) is 11.5. The van der Waals surface area contributed by atoms with Crippen LogP contribution in [-0.4, -0.2) is 61.3 Å². The molecule has 2 saturated heterocycles. The molecule has 2 aliphatic heterocycles. The van der Waals surface area contributed by atoms with Gasteiger partial charge in [0.15, 0.2) is 5.78 Å². The summed E-state index contributed by atoms with van der Waals surface area (Å²) in [6.07, 6.45) is -1.32. The molecule has 44 heavy (non-hydrogen) atoms. The van der Waals surface area contributed by atoms with Crippen molar-refractivity contribution in [3.05, 3.63) is 101 Å². The summed E-state index contributed by atoms with van der Waals surface area (Å²) in [5.74, 6) is -0.972. The van der Waals surface area contributed by atoms with Gasteiger partial charge in [0.25, 0.3) is 5.91 Å². The van der Waals surface area contributed by atoms with Gasteiger partial charge in [0.2, 0.25) is 0 Å². The van der Waals surface area contributed by atoms with Crippen LogP contribution in [0, 0.1) is 5.92 Å². The number of carbonyl (C=O) groups excluding carboxylic acids is 3. The summed E-state index contributed by atoms with van der Waals surface area (Å²) in [5, 5.41) is 2.47. The second-order valence-corrected chi connectivity index (χ2v) is 11.5. The highest BCUT2D eigenvalue weighted by Crippen LogP contribution is 2.30. The summed E-state index contributed by atoms with van der Waals surface area (Å²) in [6.45, 7) is 3.55. The van der Waals surface area contributed by atoms with Crippen LogP contribution in [0.3, 0.4) is 0 Å². The Hall–Kier alpha value is -4.18. The largest absolute Gasteiger partial charge is 0.457 e. The lowest BCUT2D eigenvalue weighted by Gasteiger charge is -2.38. The minimum atomic E-state index is -4.54. The molecule has 2 heterocycles. The fraction of sp³-hybridized carbons (Fsp3) is 0.382. The van der Waals surface area contributed by atoms with Crippen molar-refractivity contribution in [3.63, 3.8) is 0 Å². The molecule has 0 unspecified atom stereocenters. The summed E-state index contributed by atoms with van der Waals surface area (Å²) in [5.41, 5.74) is 1.51. The van der Waals surface area contributed by atoms with E-state index in [-0.39, 0.29) is 36.4 Å². The first-order valence-electron chi connectivity index (χ1n) is 14.9. The number of esters is 1. The Morgan fingerprint density at radius 2 is 1.57 bits per heavy atom. The highest BCUT2D eigenvalue weighted by molar-refractivity contribution is 5.97. The quantitative estimate of drug-likeness (QED) is 0.296. The van der Waals surface area contributed by atoms with Gasteiger partial charge in [-0.2, -0.15) is 13.2 Å². The van der Waals surface area contributed by atoms with E-state index in [9.17, 15) is 27.6 Å². The number of benzene rings is 3. The van der Waals surface area contributed by atoms with Crippen LogP contribution >= 0.6 is 0 Å². The zero-order chi connectivity index (χ0) is 31.1. The number of hydrogen-bond donors (Lipinski definition) is 1.